The highest BCUT2D eigenvalue weighted by Crippen LogP contribution is 2.07. The SMILES string of the molecule is COC(=O)CCN(CC(C)C)C(=O)c1cn(CCN)nn1. The van der Waals surface area contributed by atoms with E-state index >= 15 is 0 Å². The predicted octanol–water partition coefficient (Wildman–Crippen LogP) is -0.102. The number of carbonyl (C=O) groups excluding carboxylic acids is 2. The number of hydrogen-bond donors (Lipinski definition) is 1. The van der Waals surface area contributed by atoms with Gasteiger partial charge in [-0.15, -0.1) is 5.10 Å². The molecule has 0 saturated heterocycles. The van der Waals surface area contributed by atoms with Gasteiger partial charge in [0.25, 0.3) is 5.91 Å². The number of nitrogens with zero attached hydrogens (tertiary/aromatic N) is 4. The second-order valence-corrected chi connectivity index (χ2v) is 5.13. The van der Waals surface area contributed by atoms with E-state index in [1.165, 1.54) is 11.8 Å². The molecule has 1 aromatic heterocycles. The van der Waals surface area contributed by atoms with Crippen molar-refractivity contribution >= 4 is 11.9 Å². The lowest BCUT2D eigenvalue weighted by molar-refractivity contribution is -0.140. The summed E-state index contributed by atoms with van der Waals surface area (Å²) in [5, 5.41) is 7.71. The molecule has 0 aromatic carbocycles. The summed E-state index contributed by atoms with van der Waals surface area (Å²) in [6, 6.07) is 0. The summed E-state index contributed by atoms with van der Waals surface area (Å²) in [4.78, 5) is 25.3. The van der Waals surface area contributed by atoms with Gasteiger partial charge in [0, 0.05) is 19.6 Å². The molecule has 0 radical (unpaired) electrons. The van der Waals surface area contributed by atoms with Gasteiger partial charge in [-0.3, -0.25) is 14.3 Å². The van der Waals surface area contributed by atoms with E-state index in [2.05, 4.69) is 15.0 Å². The molecule has 2 N–H and O–H groups in total. The first-order valence-electron chi connectivity index (χ1n) is 6.94. The quantitative estimate of drug-likeness (QED) is 0.672. The molecule has 0 fully saturated rings. The van der Waals surface area contributed by atoms with E-state index in [0.717, 1.165) is 0 Å². The van der Waals surface area contributed by atoms with Gasteiger partial charge in [0.05, 0.1) is 26.3 Å². The molecule has 0 aliphatic heterocycles. The fourth-order valence-electron chi connectivity index (χ4n) is 1.84. The number of hydrogen-bond acceptors (Lipinski definition) is 6. The molecule has 0 unspecified atom stereocenters. The summed E-state index contributed by atoms with van der Waals surface area (Å²) in [7, 11) is 1.33. The molecule has 0 saturated carbocycles. The Morgan fingerprint density at radius 2 is 2.19 bits per heavy atom. The monoisotopic (exact) mass is 297 g/mol. The van der Waals surface area contributed by atoms with Gasteiger partial charge >= 0.3 is 5.97 Å². The average Bonchev–Trinajstić information content (AvgIpc) is 2.90. The highest BCUT2D eigenvalue weighted by atomic mass is 16.5. The van der Waals surface area contributed by atoms with Gasteiger partial charge in [0.2, 0.25) is 0 Å². The van der Waals surface area contributed by atoms with E-state index in [4.69, 9.17) is 5.73 Å². The van der Waals surface area contributed by atoms with Crippen LogP contribution in [-0.2, 0) is 16.1 Å². The summed E-state index contributed by atoms with van der Waals surface area (Å²) in [6.45, 7) is 5.78. The van der Waals surface area contributed by atoms with Gasteiger partial charge in [0.15, 0.2) is 5.69 Å². The van der Waals surface area contributed by atoms with E-state index in [9.17, 15) is 9.59 Å². The minimum Gasteiger partial charge on any atom is -0.469 e. The second kappa shape index (κ2) is 8.35. The maximum atomic E-state index is 12.4. The first-order chi connectivity index (χ1) is 9.97. The van der Waals surface area contributed by atoms with Crippen molar-refractivity contribution in [2.45, 2.75) is 26.8 Å². The zero-order valence-electron chi connectivity index (χ0n) is 12.8. The number of aromatic nitrogens is 3. The molecule has 0 atom stereocenters. The summed E-state index contributed by atoms with van der Waals surface area (Å²) < 4.78 is 6.13. The predicted molar refractivity (Wildman–Crippen MR) is 76.5 cm³/mol. The maximum Gasteiger partial charge on any atom is 0.307 e. The van der Waals surface area contributed by atoms with Crippen LogP contribution < -0.4 is 5.73 Å². The molecule has 0 aliphatic rings. The first kappa shape index (κ1) is 17.1. The fourth-order valence-corrected chi connectivity index (χ4v) is 1.84. The van der Waals surface area contributed by atoms with Gasteiger partial charge in [-0.1, -0.05) is 19.1 Å². The summed E-state index contributed by atoms with van der Waals surface area (Å²) >= 11 is 0. The molecule has 1 aromatic rings. The largest absolute Gasteiger partial charge is 0.469 e. The molecule has 1 rings (SSSR count). The van der Waals surface area contributed by atoms with Crippen molar-refractivity contribution in [3.8, 4) is 0 Å². The molecular formula is C13H23N5O3. The van der Waals surface area contributed by atoms with Crippen molar-refractivity contribution in [3.63, 3.8) is 0 Å². The van der Waals surface area contributed by atoms with Crippen LogP contribution in [-0.4, -0.2) is 58.5 Å². The second-order valence-electron chi connectivity index (χ2n) is 5.13. The number of methoxy groups -OCH3 is 1. The minimum atomic E-state index is -0.344. The Morgan fingerprint density at radius 3 is 2.76 bits per heavy atom. The number of rotatable bonds is 8. The number of carbonyl (C=O) groups is 2. The van der Waals surface area contributed by atoms with Gasteiger partial charge in [-0.2, -0.15) is 0 Å². The zero-order valence-corrected chi connectivity index (χ0v) is 12.8. The third-order valence-corrected chi connectivity index (χ3v) is 2.80. The van der Waals surface area contributed by atoms with Crippen molar-refractivity contribution in [1.82, 2.24) is 19.9 Å². The third-order valence-electron chi connectivity index (χ3n) is 2.80. The first-order valence-corrected chi connectivity index (χ1v) is 6.94. The smallest absolute Gasteiger partial charge is 0.307 e. The van der Waals surface area contributed by atoms with Crippen LogP contribution in [0.4, 0.5) is 0 Å². The van der Waals surface area contributed by atoms with E-state index < -0.39 is 0 Å². The van der Waals surface area contributed by atoms with Crippen LogP contribution in [0.1, 0.15) is 30.8 Å². The van der Waals surface area contributed by atoms with Crippen LogP contribution >= 0.6 is 0 Å². The number of esters is 1. The van der Waals surface area contributed by atoms with Crippen molar-refractivity contribution in [1.29, 1.82) is 0 Å². The van der Waals surface area contributed by atoms with Crippen LogP contribution in [0, 0.1) is 5.92 Å². The Balaban J connectivity index is 2.75. The molecular weight excluding hydrogens is 274 g/mol. The van der Waals surface area contributed by atoms with Crippen molar-refractivity contribution in [2.24, 2.45) is 11.7 Å². The lowest BCUT2D eigenvalue weighted by atomic mass is 10.2. The molecule has 8 nitrogen and oxygen atoms in total. The van der Waals surface area contributed by atoms with E-state index in [1.54, 1.807) is 11.1 Å². The van der Waals surface area contributed by atoms with Crippen LogP contribution in [0.2, 0.25) is 0 Å². The lowest BCUT2D eigenvalue weighted by Crippen LogP contribution is -2.36. The molecule has 1 heterocycles. The van der Waals surface area contributed by atoms with Gasteiger partial charge < -0.3 is 15.4 Å². The highest BCUT2D eigenvalue weighted by Gasteiger charge is 2.21. The molecule has 0 aliphatic carbocycles. The Kier molecular flexibility index (Phi) is 6.80. The summed E-state index contributed by atoms with van der Waals surface area (Å²) in [5.74, 6) is -0.301. The molecule has 118 valence electrons. The van der Waals surface area contributed by atoms with Crippen LogP contribution in [0.5, 0.6) is 0 Å². The van der Waals surface area contributed by atoms with Gasteiger partial charge in [-0.25, -0.2) is 0 Å². The number of nitrogens with two attached hydrogens (primary N) is 1. The summed E-state index contributed by atoms with van der Waals surface area (Å²) in [5.41, 5.74) is 5.69. The lowest BCUT2D eigenvalue weighted by Gasteiger charge is -2.23. The Morgan fingerprint density at radius 1 is 1.48 bits per heavy atom. The highest BCUT2D eigenvalue weighted by molar-refractivity contribution is 5.92. The third kappa shape index (κ3) is 5.50. The van der Waals surface area contributed by atoms with Crippen molar-refractivity contribution in [2.75, 3.05) is 26.7 Å². The van der Waals surface area contributed by atoms with Gasteiger partial charge in [-0.05, 0) is 5.92 Å². The zero-order chi connectivity index (χ0) is 15.8. The molecule has 1 amide bonds. The Bertz CT molecular complexity index is 472. The van der Waals surface area contributed by atoms with Crippen molar-refractivity contribution in [3.05, 3.63) is 11.9 Å². The van der Waals surface area contributed by atoms with Crippen molar-refractivity contribution < 1.29 is 14.3 Å². The fraction of sp³-hybridized carbons (Fsp3) is 0.692. The minimum absolute atomic E-state index is 0.159. The van der Waals surface area contributed by atoms with E-state index in [1.807, 2.05) is 13.8 Å². The molecule has 8 heteroatoms. The van der Waals surface area contributed by atoms with Crippen LogP contribution in [0.25, 0.3) is 0 Å². The topological polar surface area (TPSA) is 103 Å². The standard InChI is InChI=1S/C13H23N5O3/c1-10(2)8-17(6-4-12(19)21-3)13(20)11-9-18(7-5-14)16-15-11/h9-10H,4-8,14H2,1-3H3. The molecule has 0 bridgehead atoms. The average molecular weight is 297 g/mol. The molecule has 21 heavy (non-hydrogen) atoms. The van der Waals surface area contributed by atoms with Gasteiger partial charge in [0.1, 0.15) is 0 Å². The van der Waals surface area contributed by atoms with Crippen LogP contribution in [0.15, 0.2) is 6.20 Å². The van der Waals surface area contributed by atoms with E-state index in [-0.39, 0.29) is 29.9 Å². The number of ether oxygens (including phenoxy) is 1. The maximum absolute atomic E-state index is 12.4. The molecule has 0 spiro atoms. The Hall–Kier alpha value is -1.96. The summed E-state index contributed by atoms with van der Waals surface area (Å²) in [6.07, 6.45) is 1.73. The van der Waals surface area contributed by atoms with E-state index in [0.29, 0.717) is 26.2 Å². The Labute approximate surface area is 124 Å². The van der Waals surface area contributed by atoms with Crippen LogP contribution in [0.3, 0.4) is 0 Å². The number of amides is 1. The normalized spacial score (nSPS) is 10.7.